The number of carbonyl (C=O) groups excluding carboxylic acids is 1. The Balaban J connectivity index is 1.35. The van der Waals surface area contributed by atoms with E-state index < -0.39 is 10.0 Å². The van der Waals surface area contributed by atoms with Crippen LogP contribution in [-0.4, -0.2) is 74.1 Å². The van der Waals surface area contributed by atoms with Crippen molar-refractivity contribution < 1.29 is 13.2 Å². The Bertz CT molecular complexity index is 1420. The summed E-state index contributed by atoms with van der Waals surface area (Å²) in [6.45, 7) is 5.23. The number of nitrogens with zero attached hydrogens (tertiary/aromatic N) is 7. The van der Waals surface area contributed by atoms with Crippen molar-refractivity contribution in [3.8, 4) is 10.6 Å². The lowest BCUT2D eigenvalue weighted by Gasteiger charge is -2.33. The van der Waals surface area contributed by atoms with Gasteiger partial charge in [-0.15, -0.1) is 11.3 Å². The van der Waals surface area contributed by atoms with Crippen LogP contribution in [0.2, 0.25) is 0 Å². The maximum atomic E-state index is 13.2. The summed E-state index contributed by atoms with van der Waals surface area (Å²) in [5.74, 6) is -0.201. The summed E-state index contributed by atoms with van der Waals surface area (Å²) < 4.78 is 30.9. The highest BCUT2D eigenvalue weighted by Crippen LogP contribution is 2.26. The molecule has 1 saturated heterocycles. The molecule has 5 heterocycles. The molecule has 0 radical (unpaired) electrons. The molecule has 1 amide bonds. The summed E-state index contributed by atoms with van der Waals surface area (Å²) >= 11 is 1.59. The van der Waals surface area contributed by atoms with Gasteiger partial charge in [-0.2, -0.15) is 14.5 Å². The number of fused-ring (bicyclic) bond motifs is 1. The highest BCUT2D eigenvalue weighted by Gasteiger charge is 2.33. The Labute approximate surface area is 195 Å². The van der Waals surface area contributed by atoms with Crippen LogP contribution in [0.1, 0.15) is 23.0 Å². The van der Waals surface area contributed by atoms with E-state index in [2.05, 4.69) is 15.2 Å². The molecule has 0 spiro atoms. The van der Waals surface area contributed by atoms with Gasteiger partial charge in [0.05, 0.1) is 22.5 Å². The van der Waals surface area contributed by atoms with Crippen LogP contribution in [0.3, 0.4) is 0 Å². The molecule has 1 aliphatic heterocycles. The molecule has 0 unspecified atom stereocenters. The lowest BCUT2D eigenvalue weighted by atomic mass is 10.2. The van der Waals surface area contributed by atoms with Gasteiger partial charge in [0.15, 0.2) is 5.65 Å². The van der Waals surface area contributed by atoms with Gasteiger partial charge in [-0.3, -0.25) is 9.48 Å². The van der Waals surface area contributed by atoms with Crippen LogP contribution in [0.15, 0.2) is 47.1 Å². The third-order valence-electron chi connectivity index (χ3n) is 5.77. The first kappa shape index (κ1) is 21.7. The fraction of sp³-hybridized carbons (Fsp3) is 0.333. The molecule has 172 valence electrons. The zero-order chi connectivity index (χ0) is 23.2. The third-order valence-corrected chi connectivity index (χ3v) is 8.67. The first-order valence-corrected chi connectivity index (χ1v) is 12.9. The predicted octanol–water partition coefficient (Wildman–Crippen LogP) is 2.13. The zero-order valence-corrected chi connectivity index (χ0v) is 19.9. The summed E-state index contributed by atoms with van der Waals surface area (Å²) in [5, 5.41) is 10.6. The number of thiophene rings is 1. The maximum absolute atomic E-state index is 13.2. The molecule has 5 rings (SSSR count). The number of hydrogen-bond acceptors (Lipinski definition) is 7. The van der Waals surface area contributed by atoms with E-state index in [1.807, 2.05) is 30.5 Å². The lowest BCUT2D eigenvalue weighted by Crippen LogP contribution is -2.50. The van der Waals surface area contributed by atoms with Gasteiger partial charge in [0.25, 0.3) is 5.91 Å². The van der Waals surface area contributed by atoms with Crippen molar-refractivity contribution in [2.24, 2.45) is 0 Å². The average Bonchev–Trinajstić information content (AvgIpc) is 3.58. The number of rotatable bonds is 5. The van der Waals surface area contributed by atoms with Gasteiger partial charge in [-0.1, -0.05) is 6.07 Å². The maximum Gasteiger partial charge on any atom is 0.259 e. The van der Waals surface area contributed by atoms with E-state index in [4.69, 9.17) is 0 Å². The topological polar surface area (TPSA) is 106 Å². The number of carbonyl (C=O) groups is 1. The van der Waals surface area contributed by atoms with Crippen molar-refractivity contribution in [2.45, 2.75) is 25.3 Å². The molecule has 4 aromatic rings. The SMILES string of the molecule is CCn1cc(S(=O)(=O)N2CCN(C(=O)c3cnn4c(-c5cccs5)ccnc34)CC2)c(C)n1. The highest BCUT2D eigenvalue weighted by atomic mass is 32.2. The Kier molecular flexibility index (Phi) is 5.51. The molecule has 10 nitrogen and oxygen atoms in total. The second-order valence-electron chi connectivity index (χ2n) is 7.73. The molecule has 0 N–H and O–H groups in total. The van der Waals surface area contributed by atoms with Crippen LogP contribution in [0.25, 0.3) is 16.2 Å². The molecular weight excluding hydrogens is 462 g/mol. The van der Waals surface area contributed by atoms with Gasteiger partial charge in [0.1, 0.15) is 10.5 Å². The van der Waals surface area contributed by atoms with E-state index in [0.717, 1.165) is 10.6 Å². The monoisotopic (exact) mass is 485 g/mol. The Morgan fingerprint density at radius 1 is 1.18 bits per heavy atom. The van der Waals surface area contributed by atoms with Crippen LogP contribution in [0.5, 0.6) is 0 Å². The molecule has 0 aliphatic carbocycles. The van der Waals surface area contributed by atoms with Crippen molar-refractivity contribution >= 4 is 32.9 Å². The second-order valence-corrected chi connectivity index (χ2v) is 10.6. The molecular formula is C21H23N7O3S2. The van der Waals surface area contributed by atoms with Crippen molar-refractivity contribution in [1.29, 1.82) is 0 Å². The molecule has 4 aromatic heterocycles. The summed E-state index contributed by atoms with van der Waals surface area (Å²) in [6, 6.07) is 5.82. The number of piperazine rings is 1. The zero-order valence-electron chi connectivity index (χ0n) is 18.2. The van der Waals surface area contributed by atoms with Crippen LogP contribution >= 0.6 is 11.3 Å². The average molecular weight is 486 g/mol. The van der Waals surface area contributed by atoms with Gasteiger partial charge < -0.3 is 4.90 Å². The Hall–Kier alpha value is -3.09. The van der Waals surface area contributed by atoms with Crippen molar-refractivity contribution in [3.63, 3.8) is 0 Å². The second kappa shape index (κ2) is 8.36. The van der Waals surface area contributed by atoms with E-state index in [-0.39, 0.29) is 23.9 Å². The molecule has 0 atom stereocenters. The largest absolute Gasteiger partial charge is 0.336 e. The minimum Gasteiger partial charge on any atom is -0.336 e. The Morgan fingerprint density at radius 2 is 1.97 bits per heavy atom. The van der Waals surface area contributed by atoms with Crippen LogP contribution in [-0.2, 0) is 16.6 Å². The van der Waals surface area contributed by atoms with Crippen LogP contribution in [0.4, 0.5) is 0 Å². The first-order chi connectivity index (χ1) is 15.9. The summed E-state index contributed by atoms with van der Waals surface area (Å²) in [5.41, 5.74) is 2.25. The lowest BCUT2D eigenvalue weighted by molar-refractivity contribution is 0.0699. The summed E-state index contributed by atoms with van der Waals surface area (Å²) in [4.78, 5) is 20.5. The standard InChI is InChI=1S/C21H23N7O3S2/c1-3-26-14-19(15(2)24-26)33(30,31)27-10-8-25(9-11-27)21(29)16-13-23-28-17(6-7-22-20(16)28)18-5-4-12-32-18/h4-7,12-14H,3,8-11H2,1-2H3. The van der Waals surface area contributed by atoms with E-state index in [1.165, 1.54) is 10.5 Å². The van der Waals surface area contributed by atoms with Gasteiger partial charge in [-0.25, -0.2) is 17.9 Å². The smallest absolute Gasteiger partial charge is 0.259 e. The summed E-state index contributed by atoms with van der Waals surface area (Å²) in [7, 11) is -3.67. The predicted molar refractivity (Wildman–Crippen MR) is 124 cm³/mol. The summed E-state index contributed by atoms with van der Waals surface area (Å²) in [6.07, 6.45) is 4.78. The molecule has 1 fully saturated rings. The van der Waals surface area contributed by atoms with Gasteiger partial charge in [-0.05, 0) is 31.4 Å². The molecule has 12 heteroatoms. The minimum atomic E-state index is -3.67. The number of hydrogen-bond donors (Lipinski definition) is 0. The van der Waals surface area contributed by atoms with Crippen LogP contribution < -0.4 is 0 Å². The minimum absolute atomic E-state index is 0.201. The van der Waals surface area contributed by atoms with Crippen molar-refractivity contribution in [1.82, 2.24) is 33.6 Å². The number of aromatic nitrogens is 5. The molecule has 1 aliphatic rings. The van der Waals surface area contributed by atoms with Crippen LogP contribution in [0, 0.1) is 6.92 Å². The fourth-order valence-electron chi connectivity index (χ4n) is 4.01. The normalized spacial score (nSPS) is 15.4. The number of sulfonamides is 1. The Morgan fingerprint density at radius 3 is 2.64 bits per heavy atom. The molecule has 33 heavy (non-hydrogen) atoms. The van der Waals surface area contributed by atoms with E-state index in [0.29, 0.717) is 36.5 Å². The van der Waals surface area contributed by atoms with E-state index >= 15 is 0 Å². The molecule has 0 bridgehead atoms. The first-order valence-electron chi connectivity index (χ1n) is 10.6. The highest BCUT2D eigenvalue weighted by molar-refractivity contribution is 7.89. The van der Waals surface area contributed by atoms with Gasteiger partial charge in [0.2, 0.25) is 10.0 Å². The fourth-order valence-corrected chi connectivity index (χ4v) is 6.34. The number of aryl methyl sites for hydroxylation is 2. The number of amides is 1. The quantitative estimate of drug-likeness (QED) is 0.429. The van der Waals surface area contributed by atoms with E-state index in [9.17, 15) is 13.2 Å². The van der Waals surface area contributed by atoms with Crippen molar-refractivity contribution in [2.75, 3.05) is 26.2 Å². The van der Waals surface area contributed by atoms with Gasteiger partial charge >= 0.3 is 0 Å². The third kappa shape index (κ3) is 3.73. The van der Waals surface area contributed by atoms with E-state index in [1.54, 1.807) is 44.8 Å². The molecule has 0 aromatic carbocycles. The molecule has 0 saturated carbocycles. The van der Waals surface area contributed by atoms with Gasteiger partial charge in [0, 0.05) is 45.1 Å². The van der Waals surface area contributed by atoms with Crippen molar-refractivity contribution in [3.05, 3.63) is 53.4 Å².